The average molecular weight is 249 g/mol. The Balaban J connectivity index is 2.46. The predicted molar refractivity (Wildman–Crippen MR) is 69.9 cm³/mol. The lowest BCUT2D eigenvalue weighted by Crippen LogP contribution is -2.02. The first-order valence-electron chi connectivity index (χ1n) is 5.23. The summed E-state index contributed by atoms with van der Waals surface area (Å²) in [5, 5.41) is 3.53. The number of hydrogen-bond donors (Lipinski definition) is 2. The van der Waals surface area contributed by atoms with E-state index in [1.807, 2.05) is 25.2 Å². The minimum atomic E-state index is 0.432. The summed E-state index contributed by atoms with van der Waals surface area (Å²) >= 11 is 5.84. The molecule has 0 bridgehead atoms. The Morgan fingerprint density at radius 1 is 1.29 bits per heavy atom. The quantitative estimate of drug-likeness (QED) is 0.818. The smallest absolute Gasteiger partial charge is 0.133 e. The summed E-state index contributed by atoms with van der Waals surface area (Å²) in [6.07, 6.45) is 1.45. The van der Waals surface area contributed by atoms with Gasteiger partial charge in [-0.2, -0.15) is 0 Å². The summed E-state index contributed by atoms with van der Waals surface area (Å²) in [5.74, 6) is 0. The first-order valence-corrected chi connectivity index (χ1v) is 5.61. The van der Waals surface area contributed by atoms with Crippen LogP contribution in [0.2, 0.25) is 5.15 Å². The molecule has 17 heavy (non-hydrogen) atoms. The maximum Gasteiger partial charge on any atom is 0.133 e. The van der Waals surface area contributed by atoms with Crippen molar-refractivity contribution in [2.45, 2.75) is 6.54 Å². The fourth-order valence-corrected chi connectivity index (χ4v) is 1.80. The molecule has 88 valence electrons. The lowest BCUT2D eigenvalue weighted by atomic mass is 10.1. The Kier molecular flexibility index (Phi) is 3.56. The molecule has 1 aromatic carbocycles. The minimum absolute atomic E-state index is 0.432. The number of anilines is 1. The molecule has 0 spiro atoms. The van der Waals surface area contributed by atoms with Crippen molar-refractivity contribution in [1.82, 2.24) is 9.97 Å². The van der Waals surface area contributed by atoms with Crippen LogP contribution in [0.25, 0.3) is 11.3 Å². The summed E-state index contributed by atoms with van der Waals surface area (Å²) in [5.41, 5.74) is 9.54. The normalized spacial score (nSPS) is 10.3. The number of halogens is 1. The van der Waals surface area contributed by atoms with Crippen LogP contribution >= 0.6 is 11.6 Å². The zero-order valence-corrected chi connectivity index (χ0v) is 10.2. The van der Waals surface area contributed by atoms with Gasteiger partial charge in [0.15, 0.2) is 0 Å². The molecule has 0 aliphatic rings. The number of benzene rings is 1. The maximum absolute atomic E-state index is 5.84. The molecule has 0 saturated heterocycles. The third-order valence-corrected chi connectivity index (χ3v) is 2.73. The van der Waals surface area contributed by atoms with Gasteiger partial charge in [-0.3, -0.25) is 0 Å². The van der Waals surface area contributed by atoms with Gasteiger partial charge in [0.2, 0.25) is 0 Å². The molecule has 2 aromatic rings. The maximum atomic E-state index is 5.84. The van der Waals surface area contributed by atoms with Crippen molar-refractivity contribution in [3.63, 3.8) is 0 Å². The van der Waals surface area contributed by atoms with Crippen molar-refractivity contribution in [3.05, 3.63) is 41.3 Å². The van der Waals surface area contributed by atoms with Crippen LogP contribution in [0.5, 0.6) is 0 Å². The molecule has 1 heterocycles. The highest BCUT2D eigenvalue weighted by Crippen LogP contribution is 2.24. The predicted octanol–water partition coefficient (Wildman–Crippen LogP) is 2.30. The minimum Gasteiger partial charge on any atom is -0.388 e. The second kappa shape index (κ2) is 5.12. The fourth-order valence-electron chi connectivity index (χ4n) is 1.66. The topological polar surface area (TPSA) is 63.8 Å². The molecule has 0 aliphatic carbocycles. The van der Waals surface area contributed by atoms with E-state index in [0.29, 0.717) is 11.7 Å². The van der Waals surface area contributed by atoms with E-state index in [0.717, 1.165) is 22.5 Å². The number of aromatic nitrogens is 2. The summed E-state index contributed by atoms with van der Waals surface area (Å²) in [7, 11) is 1.87. The van der Waals surface area contributed by atoms with E-state index in [1.54, 1.807) is 6.07 Å². The molecule has 0 amide bonds. The SMILES string of the molecule is CNc1ccc(-c2cc(Cl)ncn2)cc1CN. The van der Waals surface area contributed by atoms with E-state index >= 15 is 0 Å². The summed E-state index contributed by atoms with van der Waals surface area (Å²) in [6.45, 7) is 0.475. The third-order valence-electron chi connectivity index (χ3n) is 2.52. The van der Waals surface area contributed by atoms with Gasteiger partial charge in [-0.25, -0.2) is 9.97 Å². The van der Waals surface area contributed by atoms with E-state index in [9.17, 15) is 0 Å². The second-order valence-electron chi connectivity index (χ2n) is 3.55. The molecule has 0 atom stereocenters. The molecular weight excluding hydrogens is 236 g/mol. The van der Waals surface area contributed by atoms with Gasteiger partial charge in [0, 0.05) is 30.9 Å². The third kappa shape index (κ3) is 2.54. The number of nitrogens with one attached hydrogen (secondary N) is 1. The van der Waals surface area contributed by atoms with Gasteiger partial charge < -0.3 is 11.1 Å². The number of nitrogens with zero attached hydrogens (tertiary/aromatic N) is 2. The van der Waals surface area contributed by atoms with Gasteiger partial charge >= 0.3 is 0 Å². The molecule has 2 rings (SSSR count). The molecule has 1 aromatic heterocycles. The molecule has 3 N–H and O–H groups in total. The highest BCUT2D eigenvalue weighted by Gasteiger charge is 2.05. The molecule has 0 fully saturated rings. The van der Waals surface area contributed by atoms with Gasteiger partial charge in [-0.1, -0.05) is 17.7 Å². The highest BCUT2D eigenvalue weighted by molar-refractivity contribution is 6.29. The molecular formula is C12H13ClN4. The molecule has 0 radical (unpaired) electrons. The summed E-state index contributed by atoms with van der Waals surface area (Å²) in [4.78, 5) is 8.04. The molecule has 0 aliphatic heterocycles. The van der Waals surface area contributed by atoms with Crippen LogP contribution in [0.15, 0.2) is 30.6 Å². The number of nitrogens with two attached hydrogens (primary N) is 1. The van der Waals surface area contributed by atoms with Gasteiger partial charge in [0.05, 0.1) is 5.69 Å². The Hall–Kier alpha value is -1.65. The van der Waals surface area contributed by atoms with Crippen molar-refractivity contribution < 1.29 is 0 Å². The second-order valence-corrected chi connectivity index (χ2v) is 3.94. The first-order chi connectivity index (χ1) is 8.24. The first kappa shape index (κ1) is 11.8. The molecule has 4 nitrogen and oxygen atoms in total. The Bertz CT molecular complexity index is 528. The van der Waals surface area contributed by atoms with E-state index < -0.39 is 0 Å². The van der Waals surface area contributed by atoms with E-state index in [2.05, 4.69) is 15.3 Å². The fraction of sp³-hybridized carbons (Fsp3) is 0.167. The molecule has 5 heteroatoms. The van der Waals surface area contributed by atoms with Crippen molar-refractivity contribution >= 4 is 17.3 Å². The van der Waals surface area contributed by atoms with E-state index in [-0.39, 0.29) is 0 Å². The van der Waals surface area contributed by atoms with Gasteiger partial charge in [-0.05, 0) is 17.7 Å². The van der Waals surface area contributed by atoms with Crippen LogP contribution in [0, 0.1) is 0 Å². The zero-order valence-electron chi connectivity index (χ0n) is 9.44. The van der Waals surface area contributed by atoms with Crippen LogP contribution < -0.4 is 11.1 Å². The monoisotopic (exact) mass is 248 g/mol. The lowest BCUT2D eigenvalue weighted by molar-refractivity contribution is 1.07. The van der Waals surface area contributed by atoms with Crippen LogP contribution in [-0.4, -0.2) is 17.0 Å². The summed E-state index contributed by atoms with van der Waals surface area (Å²) in [6, 6.07) is 7.69. The van der Waals surface area contributed by atoms with Gasteiger partial charge in [0.25, 0.3) is 0 Å². The van der Waals surface area contributed by atoms with E-state index in [4.69, 9.17) is 17.3 Å². The average Bonchev–Trinajstić information content (AvgIpc) is 2.38. The Labute approximate surface area is 105 Å². The van der Waals surface area contributed by atoms with E-state index in [1.165, 1.54) is 6.33 Å². The lowest BCUT2D eigenvalue weighted by Gasteiger charge is -2.09. The number of hydrogen-bond acceptors (Lipinski definition) is 4. The van der Waals surface area contributed by atoms with Gasteiger partial charge in [-0.15, -0.1) is 0 Å². The standard InChI is InChI=1S/C12H13ClN4/c1-15-10-3-2-8(4-9(10)6-14)11-5-12(13)17-7-16-11/h2-5,7,15H,6,14H2,1H3. The van der Waals surface area contributed by atoms with Crippen LogP contribution in [0.3, 0.4) is 0 Å². The van der Waals surface area contributed by atoms with Crippen LogP contribution in [0.4, 0.5) is 5.69 Å². The van der Waals surface area contributed by atoms with Crippen molar-refractivity contribution in [2.24, 2.45) is 5.73 Å². The van der Waals surface area contributed by atoms with Crippen molar-refractivity contribution in [1.29, 1.82) is 0 Å². The van der Waals surface area contributed by atoms with Crippen LogP contribution in [0.1, 0.15) is 5.56 Å². The van der Waals surface area contributed by atoms with Crippen molar-refractivity contribution in [2.75, 3.05) is 12.4 Å². The molecule has 0 unspecified atom stereocenters. The van der Waals surface area contributed by atoms with Gasteiger partial charge in [0.1, 0.15) is 11.5 Å². The number of rotatable bonds is 3. The highest BCUT2D eigenvalue weighted by atomic mass is 35.5. The zero-order chi connectivity index (χ0) is 12.3. The largest absolute Gasteiger partial charge is 0.388 e. The molecule has 0 saturated carbocycles. The Morgan fingerprint density at radius 2 is 2.12 bits per heavy atom. The summed E-state index contributed by atoms with van der Waals surface area (Å²) < 4.78 is 0. The Morgan fingerprint density at radius 3 is 2.76 bits per heavy atom. The van der Waals surface area contributed by atoms with Crippen LogP contribution in [-0.2, 0) is 6.54 Å². The van der Waals surface area contributed by atoms with Crippen molar-refractivity contribution in [3.8, 4) is 11.3 Å².